The molecule has 4 heteroatoms. The van der Waals surface area contributed by atoms with Gasteiger partial charge in [0.05, 0.1) is 0 Å². The van der Waals surface area contributed by atoms with Crippen molar-refractivity contribution in [1.29, 1.82) is 0 Å². The summed E-state index contributed by atoms with van der Waals surface area (Å²) in [5.74, 6) is 0.724. The Hall–Kier alpha value is -1.39. The van der Waals surface area contributed by atoms with Gasteiger partial charge in [-0.15, -0.1) is 0 Å². The summed E-state index contributed by atoms with van der Waals surface area (Å²) in [6.07, 6.45) is 2.41. The number of hydrogen-bond acceptors (Lipinski definition) is 4. The van der Waals surface area contributed by atoms with Gasteiger partial charge >= 0.3 is 0 Å². The zero-order chi connectivity index (χ0) is 12.8. The monoisotopic (exact) mass is 247 g/mol. The fraction of sp³-hybridized carbons (Fsp3) is 0.500. The zero-order valence-corrected chi connectivity index (χ0v) is 11.1. The second-order valence-corrected chi connectivity index (χ2v) is 4.52. The molecule has 0 bridgehead atoms. The van der Waals surface area contributed by atoms with E-state index in [0.717, 1.165) is 36.6 Å². The number of hydrogen-bond donors (Lipinski definition) is 2. The molecule has 1 aromatic heterocycles. The minimum atomic E-state index is 0.724. The molecular formula is C14H21N3O. The van der Waals surface area contributed by atoms with Crippen LogP contribution < -0.4 is 10.6 Å². The van der Waals surface area contributed by atoms with Crippen molar-refractivity contribution in [2.24, 2.45) is 0 Å². The van der Waals surface area contributed by atoms with Crippen molar-refractivity contribution in [2.75, 3.05) is 20.1 Å². The van der Waals surface area contributed by atoms with Gasteiger partial charge in [0.15, 0.2) is 11.5 Å². The molecular weight excluding hydrogens is 226 g/mol. The van der Waals surface area contributed by atoms with Gasteiger partial charge in [-0.3, -0.25) is 0 Å². The Kier molecular flexibility index (Phi) is 4.73. The summed E-state index contributed by atoms with van der Waals surface area (Å²) in [5.41, 5.74) is 3.07. The number of aromatic nitrogens is 1. The van der Waals surface area contributed by atoms with Crippen LogP contribution in [0.1, 0.15) is 24.3 Å². The van der Waals surface area contributed by atoms with Crippen LogP contribution in [0.25, 0.3) is 11.1 Å². The van der Waals surface area contributed by atoms with Crippen LogP contribution in [0.5, 0.6) is 0 Å². The number of oxazole rings is 1. The van der Waals surface area contributed by atoms with Crippen molar-refractivity contribution < 1.29 is 4.42 Å². The number of benzene rings is 1. The van der Waals surface area contributed by atoms with Crippen molar-refractivity contribution in [1.82, 2.24) is 15.6 Å². The van der Waals surface area contributed by atoms with E-state index in [1.54, 1.807) is 0 Å². The molecule has 0 aliphatic carbocycles. The highest BCUT2D eigenvalue weighted by molar-refractivity contribution is 5.73. The highest BCUT2D eigenvalue weighted by atomic mass is 16.3. The van der Waals surface area contributed by atoms with Gasteiger partial charge in [-0.05, 0) is 50.7 Å². The lowest BCUT2D eigenvalue weighted by molar-refractivity contribution is 0.561. The summed E-state index contributed by atoms with van der Waals surface area (Å²) < 4.78 is 5.45. The Balaban J connectivity index is 1.80. The second kappa shape index (κ2) is 6.52. The molecule has 0 saturated carbocycles. The maximum atomic E-state index is 5.45. The number of fused-ring (bicyclic) bond motifs is 1. The molecule has 0 amide bonds. The van der Waals surface area contributed by atoms with Crippen molar-refractivity contribution >= 4 is 11.1 Å². The zero-order valence-electron chi connectivity index (χ0n) is 11.1. The average molecular weight is 247 g/mol. The van der Waals surface area contributed by atoms with E-state index in [1.807, 2.05) is 20.0 Å². The Morgan fingerprint density at radius 2 is 2.06 bits per heavy atom. The van der Waals surface area contributed by atoms with E-state index in [2.05, 4.69) is 27.8 Å². The van der Waals surface area contributed by atoms with E-state index in [4.69, 9.17) is 4.42 Å². The van der Waals surface area contributed by atoms with Gasteiger partial charge in [-0.25, -0.2) is 4.98 Å². The summed E-state index contributed by atoms with van der Waals surface area (Å²) >= 11 is 0. The maximum absolute atomic E-state index is 5.45. The second-order valence-electron chi connectivity index (χ2n) is 4.52. The van der Waals surface area contributed by atoms with Gasteiger partial charge in [0.2, 0.25) is 0 Å². The summed E-state index contributed by atoms with van der Waals surface area (Å²) in [4.78, 5) is 4.34. The van der Waals surface area contributed by atoms with Crippen LogP contribution in [0.2, 0.25) is 0 Å². The first kappa shape index (κ1) is 13.1. The molecule has 0 spiro atoms. The fourth-order valence-electron chi connectivity index (χ4n) is 1.98. The molecule has 2 N–H and O–H groups in total. The molecule has 0 aliphatic heterocycles. The van der Waals surface area contributed by atoms with Crippen LogP contribution in [-0.4, -0.2) is 25.1 Å². The predicted octanol–water partition coefficient (Wildman–Crippen LogP) is 2.23. The molecule has 0 atom stereocenters. The molecule has 0 saturated heterocycles. The molecule has 0 unspecified atom stereocenters. The highest BCUT2D eigenvalue weighted by Crippen LogP contribution is 2.16. The van der Waals surface area contributed by atoms with Crippen LogP contribution in [0, 0.1) is 6.92 Å². The van der Waals surface area contributed by atoms with Gasteiger partial charge in [0.25, 0.3) is 0 Å². The molecule has 0 radical (unpaired) electrons. The molecule has 0 fully saturated rings. The van der Waals surface area contributed by atoms with Crippen LogP contribution in [-0.2, 0) is 6.54 Å². The number of unbranched alkanes of at least 4 members (excludes halogenated alkanes) is 1. The van der Waals surface area contributed by atoms with Crippen molar-refractivity contribution in [3.05, 3.63) is 29.7 Å². The summed E-state index contributed by atoms with van der Waals surface area (Å²) in [5, 5.41) is 6.60. The average Bonchev–Trinajstić information content (AvgIpc) is 2.73. The normalized spacial score (nSPS) is 11.2. The van der Waals surface area contributed by atoms with Crippen LogP contribution >= 0.6 is 0 Å². The van der Waals surface area contributed by atoms with E-state index < -0.39 is 0 Å². The SMILES string of the molecule is CNCCCCNCc1ccc2oc(C)nc2c1. The fourth-order valence-corrected chi connectivity index (χ4v) is 1.98. The largest absolute Gasteiger partial charge is 0.441 e. The summed E-state index contributed by atoms with van der Waals surface area (Å²) in [7, 11) is 1.99. The molecule has 1 heterocycles. The van der Waals surface area contributed by atoms with Crippen molar-refractivity contribution in [3.8, 4) is 0 Å². The maximum Gasteiger partial charge on any atom is 0.192 e. The third-order valence-corrected chi connectivity index (χ3v) is 2.92. The van der Waals surface area contributed by atoms with E-state index in [1.165, 1.54) is 18.4 Å². The quantitative estimate of drug-likeness (QED) is 0.737. The minimum Gasteiger partial charge on any atom is -0.441 e. The summed E-state index contributed by atoms with van der Waals surface area (Å²) in [6.45, 7) is 4.91. The lowest BCUT2D eigenvalue weighted by atomic mass is 10.2. The smallest absolute Gasteiger partial charge is 0.192 e. The van der Waals surface area contributed by atoms with Gasteiger partial charge in [0.1, 0.15) is 5.52 Å². The van der Waals surface area contributed by atoms with Crippen LogP contribution in [0.4, 0.5) is 0 Å². The summed E-state index contributed by atoms with van der Waals surface area (Å²) in [6, 6.07) is 6.17. The van der Waals surface area contributed by atoms with E-state index in [-0.39, 0.29) is 0 Å². The third kappa shape index (κ3) is 3.55. The minimum absolute atomic E-state index is 0.724. The van der Waals surface area contributed by atoms with Gasteiger partial charge in [0, 0.05) is 13.5 Å². The highest BCUT2D eigenvalue weighted by Gasteiger charge is 2.02. The number of aryl methyl sites for hydroxylation is 1. The van der Waals surface area contributed by atoms with Crippen molar-refractivity contribution in [2.45, 2.75) is 26.3 Å². The Labute approximate surface area is 108 Å². The van der Waals surface area contributed by atoms with Crippen molar-refractivity contribution in [3.63, 3.8) is 0 Å². The van der Waals surface area contributed by atoms with Crippen LogP contribution in [0.15, 0.2) is 22.6 Å². The van der Waals surface area contributed by atoms with E-state index >= 15 is 0 Å². The van der Waals surface area contributed by atoms with Crippen LogP contribution in [0.3, 0.4) is 0 Å². The first-order valence-electron chi connectivity index (χ1n) is 6.51. The van der Waals surface area contributed by atoms with Gasteiger partial charge in [-0.2, -0.15) is 0 Å². The topological polar surface area (TPSA) is 50.1 Å². The molecule has 2 aromatic rings. The molecule has 1 aromatic carbocycles. The molecule has 4 nitrogen and oxygen atoms in total. The van der Waals surface area contributed by atoms with E-state index in [9.17, 15) is 0 Å². The lowest BCUT2D eigenvalue weighted by Crippen LogP contribution is -2.16. The number of nitrogens with one attached hydrogen (secondary N) is 2. The third-order valence-electron chi connectivity index (χ3n) is 2.92. The number of nitrogens with zero attached hydrogens (tertiary/aromatic N) is 1. The van der Waals surface area contributed by atoms with Gasteiger partial charge < -0.3 is 15.1 Å². The first-order chi connectivity index (χ1) is 8.79. The molecule has 2 rings (SSSR count). The van der Waals surface area contributed by atoms with Gasteiger partial charge in [-0.1, -0.05) is 6.07 Å². The standard InChI is InChI=1S/C14H21N3O/c1-11-17-13-9-12(5-6-14(13)18-11)10-16-8-4-3-7-15-2/h5-6,9,15-16H,3-4,7-8,10H2,1-2H3. The Bertz CT molecular complexity index is 493. The first-order valence-corrected chi connectivity index (χ1v) is 6.51. The Morgan fingerprint density at radius 3 is 2.89 bits per heavy atom. The molecule has 98 valence electrons. The lowest BCUT2D eigenvalue weighted by Gasteiger charge is -2.04. The predicted molar refractivity (Wildman–Crippen MR) is 73.6 cm³/mol. The Morgan fingerprint density at radius 1 is 1.22 bits per heavy atom. The molecule has 0 aliphatic rings. The number of rotatable bonds is 7. The molecule has 18 heavy (non-hydrogen) atoms. The van der Waals surface area contributed by atoms with E-state index in [0.29, 0.717) is 0 Å².